The molecule has 62 valence electrons. The monoisotopic (exact) mass is 158 g/mol. The average molecular weight is 158 g/mol. The highest BCUT2D eigenvalue weighted by molar-refractivity contribution is 5.89. The van der Waals surface area contributed by atoms with Crippen LogP contribution in [0.5, 0.6) is 0 Å². The first-order valence-electron chi connectivity index (χ1n) is 3.30. The molecule has 1 aliphatic heterocycles. The maximum atomic E-state index is 10.5. The standard InChI is InChI=1S/C6H10N2O3/c1-3(9)11-2-4-5(7)6(10)8-4/h4-5H,2,7H2,1H3,(H,8,10). The van der Waals surface area contributed by atoms with Crippen molar-refractivity contribution in [2.75, 3.05) is 6.61 Å². The van der Waals surface area contributed by atoms with Gasteiger partial charge in [0, 0.05) is 6.92 Å². The summed E-state index contributed by atoms with van der Waals surface area (Å²) in [6.07, 6.45) is 0. The first kappa shape index (κ1) is 8.00. The molecule has 0 bridgehead atoms. The lowest BCUT2D eigenvalue weighted by atomic mass is 10.0. The van der Waals surface area contributed by atoms with Crippen LogP contribution < -0.4 is 11.1 Å². The van der Waals surface area contributed by atoms with Gasteiger partial charge in [-0.1, -0.05) is 0 Å². The number of esters is 1. The Hall–Kier alpha value is -1.10. The Balaban J connectivity index is 2.20. The number of rotatable bonds is 2. The topological polar surface area (TPSA) is 81.4 Å². The van der Waals surface area contributed by atoms with Crippen LogP contribution in [0.1, 0.15) is 6.92 Å². The largest absolute Gasteiger partial charge is 0.464 e. The van der Waals surface area contributed by atoms with Crippen LogP contribution in [0, 0.1) is 0 Å². The minimum atomic E-state index is -0.519. The Morgan fingerprint density at radius 2 is 2.45 bits per heavy atom. The second-order valence-corrected chi connectivity index (χ2v) is 2.44. The van der Waals surface area contributed by atoms with E-state index >= 15 is 0 Å². The molecule has 0 aliphatic carbocycles. The molecule has 5 nitrogen and oxygen atoms in total. The van der Waals surface area contributed by atoms with Gasteiger partial charge in [0.1, 0.15) is 12.6 Å². The van der Waals surface area contributed by atoms with E-state index in [9.17, 15) is 9.59 Å². The molecular formula is C6H10N2O3. The summed E-state index contributed by atoms with van der Waals surface area (Å²) in [7, 11) is 0. The van der Waals surface area contributed by atoms with E-state index in [1.807, 2.05) is 0 Å². The fourth-order valence-electron chi connectivity index (χ4n) is 0.808. The summed E-state index contributed by atoms with van der Waals surface area (Å²) >= 11 is 0. The van der Waals surface area contributed by atoms with Crippen LogP contribution in [-0.4, -0.2) is 30.6 Å². The Morgan fingerprint density at radius 1 is 1.82 bits per heavy atom. The fourth-order valence-corrected chi connectivity index (χ4v) is 0.808. The second-order valence-electron chi connectivity index (χ2n) is 2.44. The fraction of sp³-hybridized carbons (Fsp3) is 0.667. The second kappa shape index (κ2) is 2.87. The molecule has 0 radical (unpaired) electrons. The Morgan fingerprint density at radius 3 is 2.82 bits per heavy atom. The van der Waals surface area contributed by atoms with Crippen molar-refractivity contribution in [2.24, 2.45) is 5.73 Å². The zero-order valence-electron chi connectivity index (χ0n) is 6.16. The molecule has 3 N–H and O–H groups in total. The Bertz CT molecular complexity index is 192. The van der Waals surface area contributed by atoms with E-state index in [1.54, 1.807) is 0 Å². The lowest BCUT2D eigenvalue weighted by Crippen LogP contribution is -2.68. The van der Waals surface area contributed by atoms with Gasteiger partial charge in [0.25, 0.3) is 0 Å². The van der Waals surface area contributed by atoms with E-state index in [0.29, 0.717) is 0 Å². The van der Waals surface area contributed by atoms with Gasteiger partial charge in [0.05, 0.1) is 6.04 Å². The predicted octanol–water partition coefficient (Wildman–Crippen LogP) is -1.62. The summed E-state index contributed by atoms with van der Waals surface area (Å²) in [5, 5.41) is 2.51. The molecular weight excluding hydrogens is 148 g/mol. The molecule has 2 atom stereocenters. The first-order chi connectivity index (χ1) is 5.11. The van der Waals surface area contributed by atoms with Gasteiger partial charge in [-0.15, -0.1) is 0 Å². The number of nitrogens with one attached hydrogen (secondary N) is 1. The molecule has 0 saturated carbocycles. The van der Waals surface area contributed by atoms with Crippen molar-refractivity contribution in [3.8, 4) is 0 Å². The van der Waals surface area contributed by atoms with E-state index in [0.717, 1.165) is 0 Å². The molecule has 2 unspecified atom stereocenters. The lowest BCUT2D eigenvalue weighted by molar-refractivity contribution is -0.145. The molecule has 1 aliphatic rings. The van der Waals surface area contributed by atoms with Gasteiger partial charge in [-0.05, 0) is 0 Å². The zero-order chi connectivity index (χ0) is 8.43. The summed E-state index contributed by atoms with van der Waals surface area (Å²) < 4.78 is 4.63. The number of hydrogen-bond donors (Lipinski definition) is 2. The highest BCUT2D eigenvalue weighted by Gasteiger charge is 2.36. The van der Waals surface area contributed by atoms with Crippen LogP contribution in [0.4, 0.5) is 0 Å². The molecule has 1 saturated heterocycles. The van der Waals surface area contributed by atoms with Gasteiger partial charge < -0.3 is 15.8 Å². The molecule has 0 aromatic heterocycles. The SMILES string of the molecule is CC(=O)OCC1NC(=O)C1N. The van der Waals surface area contributed by atoms with Crippen molar-refractivity contribution >= 4 is 11.9 Å². The van der Waals surface area contributed by atoms with E-state index in [1.165, 1.54) is 6.92 Å². The van der Waals surface area contributed by atoms with Gasteiger partial charge >= 0.3 is 5.97 Å². The molecule has 11 heavy (non-hydrogen) atoms. The van der Waals surface area contributed by atoms with Crippen molar-refractivity contribution in [1.82, 2.24) is 5.32 Å². The highest BCUT2D eigenvalue weighted by atomic mass is 16.5. The van der Waals surface area contributed by atoms with Crippen LogP contribution >= 0.6 is 0 Å². The number of β-lactam (4-membered cyclic amide) rings is 1. The maximum absolute atomic E-state index is 10.5. The normalized spacial score (nSPS) is 28.7. The van der Waals surface area contributed by atoms with Gasteiger partial charge in [-0.25, -0.2) is 0 Å². The van der Waals surface area contributed by atoms with Crippen molar-refractivity contribution in [3.63, 3.8) is 0 Å². The van der Waals surface area contributed by atoms with Crippen molar-refractivity contribution < 1.29 is 14.3 Å². The smallest absolute Gasteiger partial charge is 0.302 e. The van der Waals surface area contributed by atoms with E-state index in [2.05, 4.69) is 10.1 Å². The van der Waals surface area contributed by atoms with E-state index in [4.69, 9.17) is 5.73 Å². The average Bonchev–Trinajstić information content (AvgIpc) is 1.96. The minimum Gasteiger partial charge on any atom is -0.464 e. The van der Waals surface area contributed by atoms with Crippen LogP contribution in [0.15, 0.2) is 0 Å². The number of nitrogens with two attached hydrogens (primary N) is 1. The van der Waals surface area contributed by atoms with Crippen LogP contribution in [0.2, 0.25) is 0 Å². The van der Waals surface area contributed by atoms with Gasteiger partial charge in [0.15, 0.2) is 0 Å². The number of carbonyl (C=O) groups is 2. The first-order valence-corrected chi connectivity index (χ1v) is 3.30. The quantitative estimate of drug-likeness (QED) is 0.373. The Kier molecular flexibility index (Phi) is 2.09. The summed E-state index contributed by atoms with van der Waals surface area (Å²) in [4.78, 5) is 20.8. The third-order valence-electron chi connectivity index (χ3n) is 1.53. The summed E-state index contributed by atoms with van der Waals surface area (Å²) in [6, 6.07) is -0.722. The molecule has 0 aromatic rings. The third-order valence-corrected chi connectivity index (χ3v) is 1.53. The molecule has 0 spiro atoms. The maximum Gasteiger partial charge on any atom is 0.302 e. The van der Waals surface area contributed by atoms with Crippen LogP contribution in [-0.2, 0) is 14.3 Å². The Labute approximate surface area is 63.9 Å². The predicted molar refractivity (Wildman–Crippen MR) is 36.5 cm³/mol. The molecule has 5 heteroatoms. The summed E-state index contributed by atoms with van der Waals surface area (Å²) in [5.41, 5.74) is 5.35. The molecule has 1 fully saturated rings. The van der Waals surface area contributed by atoms with Gasteiger partial charge in [0.2, 0.25) is 5.91 Å². The lowest BCUT2D eigenvalue weighted by Gasteiger charge is -2.32. The van der Waals surface area contributed by atoms with Crippen molar-refractivity contribution in [2.45, 2.75) is 19.0 Å². The summed E-state index contributed by atoms with van der Waals surface area (Å²) in [5.74, 6) is -0.555. The number of carbonyl (C=O) groups excluding carboxylic acids is 2. The van der Waals surface area contributed by atoms with Crippen molar-refractivity contribution in [3.05, 3.63) is 0 Å². The third kappa shape index (κ3) is 1.68. The van der Waals surface area contributed by atoms with Gasteiger partial charge in [-0.3, -0.25) is 9.59 Å². The minimum absolute atomic E-state index is 0.169. The molecule has 1 heterocycles. The van der Waals surface area contributed by atoms with Crippen LogP contribution in [0.3, 0.4) is 0 Å². The van der Waals surface area contributed by atoms with E-state index in [-0.39, 0.29) is 24.5 Å². The number of ether oxygens (including phenoxy) is 1. The molecule has 0 aromatic carbocycles. The van der Waals surface area contributed by atoms with Gasteiger partial charge in [-0.2, -0.15) is 0 Å². The number of amides is 1. The molecule has 1 amide bonds. The number of hydrogen-bond acceptors (Lipinski definition) is 4. The zero-order valence-corrected chi connectivity index (χ0v) is 6.16. The highest BCUT2D eigenvalue weighted by Crippen LogP contribution is 2.03. The van der Waals surface area contributed by atoms with Crippen LogP contribution in [0.25, 0.3) is 0 Å². The van der Waals surface area contributed by atoms with Crippen molar-refractivity contribution in [1.29, 1.82) is 0 Å². The molecule has 1 rings (SSSR count). The van der Waals surface area contributed by atoms with E-state index < -0.39 is 6.04 Å². The summed E-state index contributed by atoms with van der Waals surface area (Å²) in [6.45, 7) is 1.48.